The lowest BCUT2D eigenvalue weighted by molar-refractivity contribution is 0.0760. The second-order valence-electron chi connectivity index (χ2n) is 5.84. The molecule has 1 aliphatic rings. The van der Waals surface area contributed by atoms with Crippen LogP contribution in [-0.2, 0) is 4.74 Å². The van der Waals surface area contributed by atoms with Gasteiger partial charge in [0.25, 0.3) is 11.1 Å². The summed E-state index contributed by atoms with van der Waals surface area (Å²) in [5.74, 6) is 0.565. The van der Waals surface area contributed by atoms with E-state index in [9.17, 15) is 0 Å². The summed E-state index contributed by atoms with van der Waals surface area (Å²) in [6.07, 6.45) is 6.91. The maximum atomic E-state index is 5.90. The Hall–Kier alpha value is -1.79. The Labute approximate surface area is 138 Å². The number of methoxy groups -OCH3 is 1. The molecule has 3 aromatic rings. The van der Waals surface area contributed by atoms with Gasteiger partial charge in [-0.3, -0.25) is 0 Å². The van der Waals surface area contributed by atoms with Gasteiger partial charge in [0.15, 0.2) is 0 Å². The van der Waals surface area contributed by atoms with Gasteiger partial charge in [0, 0.05) is 29.5 Å². The van der Waals surface area contributed by atoms with Crippen LogP contribution < -0.4 is 0 Å². The smallest absolute Gasteiger partial charge is 0.277 e. The van der Waals surface area contributed by atoms with E-state index in [0.717, 1.165) is 29.3 Å². The molecule has 0 amide bonds. The molecule has 6 heteroatoms. The van der Waals surface area contributed by atoms with E-state index in [4.69, 9.17) is 9.15 Å². The first-order chi connectivity index (χ1) is 11.3. The Morgan fingerprint density at radius 3 is 3.00 bits per heavy atom. The van der Waals surface area contributed by atoms with Crippen LogP contribution in [0.5, 0.6) is 0 Å². The monoisotopic (exact) mass is 329 g/mol. The fraction of sp³-hybridized carbons (Fsp3) is 0.412. The molecule has 2 aromatic heterocycles. The van der Waals surface area contributed by atoms with Crippen LogP contribution in [0.3, 0.4) is 0 Å². The number of ether oxygens (including phenoxy) is 1. The van der Waals surface area contributed by atoms with Crippen LogP contribution in [0.1, 0.15) is 25.7 Å². The number of aromatic nitrogens is 3. The third-order valence-corrected chi connectivity index (χ3v) is 5.63. The summed E-state index contributed by atoms with van der Waals surface area (Å²) >= 11 is 1.65. The molecule has 0 bridgehead atoms. The highest BCUT2D eigenvalue weighted by atomic mass is 32.2. The van der Waals surface area contributed by atoms with Gasteiger partial charge in [0.1, 0.15) is 0 Å². The summed E-state index contributed by atoms with van der Waals surface area (Å²) in [5, 5.41) is 10.6. The van der Waals surface area contributed by atoms with E-state index in [1.807, 2.05) is 24.4 Å². The Kier molecular flexibility index (Phi) is 4.10. The molecular formula is C17H19N3O2S. The standard InChI is InChI=1S/C17H19N3O2S/c1-21-14-8-4-5-9-15(14)23-17-20-19-16(22-17)12-10-18-13-7-3-2-6-11(12)13/h2-3,6-7,10,14-15,18H,4-5,8-9H2,1H3/t14-,15-/m1/s1. The Bertz CT molecular complexity index is 798. The van der Waals surface area contributed by atoms with Crippen molar-refractivity contribution in [2.75, 3.05) is 7.11 Å². The lowest BCUT2D eigenvalue weighted by Gasteiger charge is -2.28. The number of hydrogen-bond donors (Lipinski definition) is 1. The van der Waals surface area contributed by atoms with Crippen molar-refractivity contribution < 1.29 is 9.15 Å². The van der Waals surface area contributed by atoms with Crippen molar-refractivity contribution in [1.82, 2.24) is 15.2 Å². The molecule has 0 radical (unpaired) electrons. The van der Waals surface area contributed by atoms with Gasteiger partial charge < -0.3 is 14.1 Å². The van der Waals surface area contributed by atoms with Gasteiger partial charge in [0.05, 0.1) is 11.7 Å². The van der Waals surface area contributed by atoms with Crippen molar-refractivity contribution in [2.24, 2.45) is 0 Å². The van der Waals surface area contributed by atoms with Gasteiger partial charge in [-0.15, -0.1) is 10.2 Å². The summed E-state index contributed by atoms with van der Waals surface area (Å²) in [6, 6.07) is 8.11. The number of para-hydroxylation sites is 1. The predicted octanol–water partition coefficient (Wildman–Crippen LogP) is 4.27. The zero-order chi connectivity index (χ0) is 15.6. The van der Waals surface area contributed by atoms with Crippen LogP contribution in [0.15, 0.2) is 40.1 Å². The number of nitrogens with one attached hydrogen (secondary N) is 1. The molecule has 0 unspecified atom stereocenters. The molecule has 1 saturated carbocycles. The van der Waals surface area contributed by atoms with E-state index >= 15 is 0 Å². The maximum absolute atomic E-state index is 5.90. The Morgan fingerprint density at radius 2 is 2.09 bits per heavy atom. The van der Waals surface area contributed by atoms with E-state index in [2.05, 4.69) is 21.2 Å². The van der Waals surface area contributed by atoms with Crippen molar-refractivity contribution >= 4 is 22.7 Å². The average molecular weight is 329 g/mol. The van der Waals surface area contributed by atoms with E-state index in [-0.39, 0.29) is 6.10 Å². The lowest BCUT2D eigenvalue weighted by atomic mass is 9.97. The molecule has 1 N–H and O–H groups in total. The largest absolute Gasteiger partial charge is 0.411 e. The molecule has 4 rings (SSSR count). The summed E-state index contributed by atoms with van der Waals surface area (Å²) in [7, 11) is 1.79. The van der Waals surface area contributed by atoms with Gasteiger partial charge in [-0.05, 0) is 18.9 Å². The number of thioether (sulfide) groups is 1. The number of aromatic amines is 1. The summed E-state index contributed by atoms with van der Waals surface area (Å²) in [4.78, 5) is 3.24. The maximum Gasteiger partial charge on any atom is 0.277 e. The Morgan fingerprint density at radius 1 is 1.22 bits per heavy atom. The normalized spacial score (nSPS) is 21.8. The van der Waals surface area contributed by atoms with Crippen molar-refractivity contribution in [3.05, 3.63) is 30.5 Å². The number of fused-ring (bicyclic) bond motifs is 1. The molecule has 120 valence electrons. The van der Waals surface area contributed by atoms with E-state index in [1.54, 1.807) is 18.9 Å². The van der Waals surface area contributed by atoms with E-state index in [0.29, 0.717) is 16.4 Å². The first-order valence-electron chi connectivity index (χ1n) is 7.94. The minimum absolute atomic E-state index is 0.275. The topological polar surface area (TPSA) is 63.9 Å². The number of nitrogens with zero attached hydrogens (tertiary/aromatic N) is 2. The Balaban J connectivity index is 1.57. The van der Waals surface area contributed by atoms with Crippen LogP contribution in [-0.4, -0.2) is 33.6 Å². The van der Waals surface area contributed by atoms with Gasteiger partial charge in [-0.1, -0.05) is 42.8 Å². The van der Waals surface area contributed by atoms with Gasteiger partial charge in [-0.2, -0.15) is 0 Å². The van der Waals surface area contributed by atoms with Crippen molar-refractivity contribution in [2.45, 2.75) is 42.3 Å². The number of H-pyrrole nitrogens is 1. The third-order valence-electron chi connectivity index (χ3n) is 4.42. The highest BCUT2D eigenvalue weighted by Crippen LogP contribution is 2.36. The zero-order valence-electron chi connectivity index (χ0n) is 13.0. The van der Waals surface area contributed by atoms with Gasteiger partial charge >= 0.3 is 0 Å². The lowest BCUT2D eigenvalue weighted by Crippen LogP contribution is -2.28. The molecule has 23 heavy (non-hydrogen) atoms. The summed E-state index contributed by atoms with van der Waals surface area (Å²) < 4.78 is 11.5. The predicted molar refractivity (Wildman–Crippen MR) is 90.5 cm³/mol. The van der Waals surface area contributed by atoms with E-state index in [1.165, 1.54) is 12.8 Å². The van der Waals surface area contributed by atoms with Crippen LogP contribution in [0.2, 0.25) is 0 Å². The molecular weight excluding hydrogens is 310 g/mol. The van der Waals surface area contributed by atoms with Gasteiger partial charge in [0.2, 0.25) is 0 Å². The van der Waals surface area contributed by atoms with Crippen LogP contribution in [0, 0.1) is 0 Å². The first-order valence-corrected chi connectivity index (χ1v) is 8.82. The fourth-order valence-electron chi connectivity index (χ4n) is 3.21. The minimum Gasteiger partial charge on any atom is -0.411 e. The number of benzene rings is 1. The molecule has 0 saturated heterocycles. The minimum atomic E-state index is 0.275. The highest BCUT2D eigenvalue weighted by Gasteiger charge is 2.28. The van der Waals surface area contributed by atoms with Crippen LogP contribution in [0.25, 0.3) is 22.4 Å². The molecule has 1 aromatic carbocycles. The van der Waals surface area contributed by atoms with Crippen LogP contribution >= 0.6 is 11.8 Å². The van der Waals surface area contributed by atoms with Crippen molar-refractivity contribution in [1.29, 1.82) is 0 Å². The molecule has 2 heterocycles. The summed E-state index contributed by atoms with van der Waals surface area (Å²) in [6.45, 7) is 0. The molecule has 1 aliphatic carbocycles. The van der Waals surface area contributed by atoms with Crippen LogP contribution in [0.4, 0.5) is 0 Å². The summed E-state index contributed by atoms with van der Waals surface area (Å²) in [5.41, 5.74) is 2.02. The SMILES string of the molecule is CO[C@@H]1CCCC[C@H]1Sc1nnc(-c2c[nH]c3ccccc23)o1. The molecule has 0 spiro atoms. The van der Waals surface area contributed by atoms with E-state index < -0.39 is 0 Å². The van der Waals surface area contributed by atoms with Crippen molar-refractivity contribution in [3.8, 4) is 11.5 Å². The second-order valence-corrected chi connectivity index (χ2v) is 7.03. The zero-order valence-corrected chi connectivity index (χ0v) is 13.8. The quantitative estimate of drug-likeness (QED) is 0.774. The number of hydrogen-bond acceptors (Lipinski definition) is 5. The first kappa shape index (κ1) is 14.8. The van der Waals surface area contributed by atoms with Crippen molar-refractivity contribution in [3.63, 3.8) is 0 Å². The second kappa shape index (κ2) is 6.37. The molecule has 2 atom stereocenters. The fourth-order valence-corrected chi connectivity index (χ4v) is 4.37. The third kappa shape index (κ3) is 2.88. The molecule has 5 nitrogen and oxygen atoms in total. The highest BCUT2D eigenvalue weighted by molar-refractivity contribution is 7.99. The number of rotatable bonds is 4. The van der Waals surface area contributed by atoms with Gasteiger partial charge in [-0.25, -0.2) is 0 Å². The molecule has 1 fully saturated rings. The average Bonchev–Trinajstić information content (AvgIpc) is 3.22. The molecule has 0 aliphatic heterocycles.